The average molecular weight is 480 g/mol. The first-order valence-electron chi connectivity index (χ1n) is 9.72. The highest BCUT2D eigenvalue weighted by molar-refractivity contribution is 7.14. The SMILES string of the molecule is CCOC(=O)c1nc(C(=O)c2cc(C)c(Cl)nn2)sc1C#CCO[Si](C)(C)C(C)(C)C. The maximum absolute atomic E-state index is 12.8. The number of carbonyl (C=O) groups is 2. The summed E-state index contributed by atoms with van der Waals surface area (Å²) in [5.74, 6) is 4.76. The summed E-state index contributed by atoms with van der Waals surface area (Å²) in [6.07, 6.45) is 0. The van der Waals surface area contributed by atoms with E-state index in [1.54, 1.807) is 13.8 Å². The molecular weight excluding hydrogens is 454 g/mol. The average Bonchev–Trinajstić information content (AvgIpc) is 3.10. The highest BCUT2D eigenvalue weighted by atomic mass is 35.5. The number of ether oxygens (including phenoxy) is 1. The van der Waals surface area contributed by atoms with Crippen LogP contribution in [0.4, 0.5) is 0 Å². The molecular formula is C21H26ClN3O4SSi. The standard InChI is InChI=1S/C21H26ClN3O4SSi/c1-8-28-20(27)16-15(10-9-11-29-31(6,7)21(3,4)5)30-19(23-16)17(26)14-12-13(2)18(22)25-24-14/h12H,8,11H2,1-7H3. The van der Waals surface area contributed by atoms with E-state index in [9.17, 15) is 9.59 Å². The van der Waals surface area contributed by atoms with E-state index in [-0.39, 0.29) is 39.8 Å². The van der Waals surface area contributed by atoms with Crippen molar-refractivity contribution in [3.05, 3.63) is 38.1 Å². The molecule has 0 fully saturated rings. The predicted molar refractivity (Wildman–Crippen MR) is 123 cm³/mol. The number of rotatable bonds is 6. The van der Waals surface area contributed by atoms with Gasteiger partial charge in [0.1, 0.15) is 10.6 Å². The van der Waals surface area contributed by atoms with Crippen molar-refractivity contribution in [3.8, 4) is 11.8 Å². The smallest absolute Gasteiger partial charge is 0.359 e. The van der Waals surface area contributed by atoms with Crippen LogP contribution in [-0.2, 0) is 9.16 Å². The van der Waals surface area contributed by atoms with Gasteiger partial charge in [-0.3, -0.25) is 4.79 Å². The summed E-state index contributed by atoms with van der Waals surface area (Å²) >= 11 is 6.89. The lowest BCUT2D eigenvalue weighted by molar-refractivity contribution is 0.0520. The number of carbonyl (C=O) groups excluding carboxylic acids is 2. The van der Waals surface area contributed by atoms with E-state index in [0.29, 0.717) is 10.4 Å². The monoisotopic (exact) mass is 479 g/mol. The first kappa shape index (κ1) is 25.1. The quantitative estimate of drug-likeness (QED) is 0.257. The molecule has 0 bridgehead atoms. The van der Waals surface area contributed by atoms with Gasteiger partial charge in [-0.15, -0.1) is 21.5 Å². The molecule has 166 valence electrons. The molecule has 7 nitrogen and oxygen atoms in total. The van der Waals surface area contributed by atoms with Crippen LogP contribution in [0.1, 0.15) is 64.1 Å². The van der Waals surface area contributed by atoms with Gasteiger partial charge in [-0.25, -0.2) is 9.78 Å². The molecule has 0 spiro atoms. The Labute approximate surface area is 192 Å². The number of halogens is 1. The van der Waals surface area contributed by atoms with Crippen LogP contribution in [0, 0.1) is 18.8 Å². The molecule has 0 aliphatic rings. The zero-order valence-corrected chi connectivity index (χ0v) is 21.3. The van der Waals surface area contributed by atoms with Crippen molar-refractivity contribution < 1.29 is 18.8 Å². The fourth-order valence-corrected chi connectivity index (χ4v) is 3.91. The third kappa shape index (κ3) is 6.20. The highest BCUT2D eigenvalue weighted by Crippen LogP contribution is 2.36. The lowest BCUT2D eigenvalue weighted by Crippen LogP contribution is -2.40. The van der Waals surface area contributed by atoms with E-state index in [2.05, 4.69) is 60.9 Å². The number of esters is 1. The molecule has 0 aromatic carbocycles. The summed E-state index contributed by atoms with van der Waals surface area (Å²) in [7, 11) is -1.94. The second-order valence-electron chi connectivity index (χ2n) is 8.30. The van der Waals surface area contributed by atoms with Gasteiger partial charge >= 0.3 is 5.97 Å². The Balaban J connectivity index is 2.32. The molecule has 2 aromatic rings. The largest absolute Gasteiger partial charge is 0.461 e. The van der Waals surface area contributed by atoms with Gasteiger partial charge in [-0.2, -0.15) is 0 Å². The topological polar surface area (TPSA) is 91.3 Å². The molecule has 2 aromatic heterocycles. The lowest BCUT2D eigenvalue weighted by atomic mass is 10.2. The Morgan fingerprint density at radius 2 is 1.94 bits per heavy atom. The number of aromatic nitrogens is 3. The van der Waals surface area contributed by atoms with Gasteiger partial charge in [0, 0.05) is 0 Å². The van der Waals surface area contributed by atoms with Crippen molar-refractivity contribution in [1.29, 1.82) is 0 Å². The van der Waals surface area contributed by atoms with Crippen molar-refractivity contribution in [1.82, 2.24) is 15.2 Å². The van der Waals surface area contributed by atoms with E-state index < -0.39 is 20.1 Å². The van der Waals surface area contributed by atoms with E-state index >= 15 is 0 Å². The summed E-state index contributed by atoms with van der Waals surface area (Å²) in [5.41, 5.74) is 0.713. The molecule has 2 rings (SSSR count). The zero-order valence-electron chi connectivity index (χ0n) is 18.8. The Bertz CT molecular complexity index is 1050. The molecule has 0 saturated heterocycles. The number of hydrogen-bond acceptors (Lipinski definition) is 8. The van der Waals surface area contributed by atoms with Crippen molar-refractivity contribution in [2.24, 2.45) is 0 Å². The van der Waals surface area contributed by atoms with E-state index in [1.807, 2.05) is 0 Å². The van der Waals surface area contributed by atoms with Gasteiger partial charge < -0.3 is 9.16 Å². The molecule has 0 unspecified atom stereocenters. The summed E-state index contributed by atoms with van der Waals surface area (Å²) in [4.78, 5) is 29.7. The second-order valence-corrected chi connectivity index (χ2v) is 14.5. The molecule has 2 heterocycles. The number of nitrogens with zero attached hydrogens (tertiary/aromatic N) is 3. The normalized spacial score (nSPS) is 11.6. The molecule has 0 N–H and O–H groups in total. The van der Waals surface area contributed by atoms with Crippen LogP contribution >= 0.6 is 22.9 Å². The number of hydrogen-bond donors (Lipinski definition) is 0. The van der Waals surface area contributed by atoms with Gasteiger partial charge in [0.25, 0.3) is 0 Å². The maximum atomic E-state index is 12.8. The van der Waals surface area contributed by atoms with Gasteiger partial charge in [0.2, 0.25) is 5.78 Å². The minimum Gasteiger partial charge on any atom is -0.461 e. The minimum absolute atomic E-state index is 0.00803. The van der Waals surface area contributed by atoms with Crippen LogP contribution in [0.15, 0.2) is 6.07 Å². The minimum atomic E-state index is -1.94. The fraction of sp³-hybridized carbons (Fsp3) is 0.476. The fourth-order valence-electron chi connectivity index (χ4n) is 2.08. The molecule has 0 radical (unpaired) electrons. The van der Waals surface area contributed by atoms with Gasteiger partial charge in [0.05, 0.1) is 13.2 Å². The Morgan fingerprint density at radius 1 is 1.26 bits per heavy atom. The van der Waals surface area contributed by atoms with Gasteiger partial charge in [0.15, 0.2) is 24.2 Å². The second kappa shape index (κ2) is 10.00. The van der Waals surface area contributed by atoms with Crippen LogP contribution < -0.4 is 0 Å². The molecule has 0 saturated carbocycles. The van der Waals surface area contributed by atoms with Crippen LogP contribution in [0.2, 0.25) is 23.3 Å². The highest BCUT2D eigenvalue weighted by Gasteiger charge is 2.36. The first-order chi connectivity index (χ1) is 14.4. The number of ketones is 1. The molecule has 0 amide bonds. The molecule has 31 heavy (non-hydrogen) atoms. The number of thiazole rings is 1. The Kier molecular flexibility index (Phi) is 8.11. The number of aryl methyl sites for hydroxylation is 1. The van der Waals surface area contributed by atoms with Crippen LogP contribution in [-0.4, -0.2) is 48.5 Å². The van der Waals surface area contributed by atoms with Crippen molar-refractivity contribution in [3.63, 3.8) is 0 Å². The van der Waals surface area contributed by atoms with Crippen molar-refractivity contribution in [2.75, 3.05) is 13.2 Å². The van der Waals surface area contributed by atoms with Gasteiger partial charge in [-0.1, -0.05) is 44.2 Å². The first-order valence-corrected chi connectivity index (χ1v) is 13.8. The summed E-state index contributed by atoms with van der Waals surface area (Å²) < 4.78 is 11.1. The summed E-state index contributed by atoms with van der Waals surface area (Å²) in [5, 5.41) is 7.95. The van der Waals surface area contributed by atoms with Crippen LogP contribution in [0.3, 0.4) is 0 Å². The lowest BCUT2D eigenvalue weighted by Gasteiger charge is -2.35. The molecule has 0 aliphatic heterocycles. The van der Waals surface area contributed by atoms with Crippen LogP contribution in [0.5, 0.6) is 0 Å². The van der Waals surface area contributed by atoms with Crippen molar-refractivity contribution >= 4 is 43.0 Å². The Morgan fingerprint density at radius 3 is 2.52 bits per heavy atom. The zero-order chi connectivity index (χ0) is 23.4. The van der Waals surface area contributed by atoms with Gasteiger partial charge in [-0.05, 0) is 43.6 Å². The third-order valence-corrected chi connectivity index (χ3v) is 10.8. The van der Waals surface area contributed by atoms with Crippen molar-refractivity contribution in [2.45, 2.75) is 52.8 Å². The molecule has 0 atom stereocenters. The summed E-state index contributed by atoms with van der Waals surface area (Å²) in [6, 6.07) is 1.53. The maximum Gasteiger partial charge on any atom is 0.359 e. The molecule has 10 heteroatoms. The van der Waals surface area contributed by atoms with E-state index in [4.69, 9.17) is 20.8 Å². The van der Waals surface area contributed by atoms with E-state index in [1.165, 1.54) is 6.07 Å². The third-order valence-electron chi connectivity index (χ3n) is 4.96. The van der Waals surface area contributed by atoms with Crippen LogP contribution in [0.25, 0.3) is 0 Å². The molecule has 0 aliphatic carbocycles. The predicted octanol–water partition coefficient (Wildman–Crippen LogP) is 4.68. The van der Waals surface area contributed by atoms with E-state index in [0.717, 1.165) is 11.3 Å². The summed E-state index contributed by atoms with van der Waals surface area (Å²) in [6.45, 7) is 14.5. The Hall–Kier alpha value is -2.12.